The molecule has 4 aromatic rings. The van der Waals surface area contributed by atoms with Gasteiger partial charge in [-0.3, -0.25) is 0 Å². The molecular weight excluding hydrogens is 404 g/mol. The van der Waals surface area contributed by atoms with Crippen LogP contribution >= 0.6 is 11.6 Å². The minimum absolute atomic E-state index is 0.380. The molecule has 4 nitrogen and oxygen atoms in total. The summed E-state index contributed by atoms with van der Waals surface area (Å²) in [5, 5.41) is 14.0. The van der Waals surface area contributed by atoms with Crippen LogP contribution in [-0.4, -0.2) is 21.0 Å². The second-order valence-electron chi connectivity index (χ2n) is 7.82. The number of hydrogen-bond donors (Lipinski definition) is 1. The Morgan fingerprint density at radius 2 is 1.52 bits per heavy atom. The molecule has 0 bridgehead atoms. The summed E-state index contributed by atoms with van der Waals surface area (Å²) in [6, 6.07) is 29.1. The average Bonchev–Trinajstić information content (AvgIpc) is 3.21. The van der Waals surface area contributed by atoms with Crippen molar-refractivity contribution in [3.05, 3.63) is 107 Å². The highest BCUT2D eigenvalue weighted by Gasteiger charge is 2.14. The monoisotopic (exact) mass is 430 g/mol. The molecule has 0 aliphatic heterocycles. The predicted molar refractivity (Wildman–Crippen MR) is 127 cm³/mol. The molecule has 0 saturated carbocycles. The first-order valence-corrected chi connectivity index (χ1v) is 11.1. The van der Waals surface area contributed by atoms with Crippen LogP contribution in [0.1, 0.15) is 30.2 Å². The van der Waals surface area contributed by atoms with Crippen molar-refractivity contribution in [1.82, 2.24) is 20.3 Å². The van der Waals surface area contributed by atoms with E-state index in [1.54, 1.807) is 4.80 Å². The Balaban J connectivity index is 1.45. The van der Waals surface area contributed by atoms with Gasteiger partial charge < -0.3 is 5.32 Å². The highest BCUT2D eigenvalue weighted by molar-refractivity contribution is 6.30. The molecule has 1 atom stereocenters. The number of benzene rings is 3. The minimum Gasteiger partial charge on any atom is -0.309 e. The fraction of sp³-hybridized carbons (Fsp3) is 0.231. The molecule has 0 spiro atoms. The van der Waals surface area contributed by atoms with Crippen LogP contribution in [0.4, 0.5) is 0 Å². The lowest BCUT2D eigenvalue weighted by Gasteiger charge is -2.13. The summed E-state index contributed by atoms with van der Waals surface area (Å²) in [5.74, 6) is 0. The molecule has 0 unspecified atom stereocenters. The Morgan fingerprint density at radius 1 is 0.839 bits per heavy atom. The SMILES string of the molecule is C[C@H](CCc1ccccc1)NCc1nn(Cc2ccc(Cl)cc2)nc1-c1ccccc1. The topological polar surface area (TPSA) is 42.7 Å². The molecule has 158 valence electrons. The van der Waals surface area contributed by atoms with Crippen LogP contribution in [-0.2, 0) is 19.5 Å². The van der Waals surface area contributed by atoms with E-state index in [1.807, 2.05) is 42.5 Å². The van der Waals surface area contributed by atoms with E-state index in [2.05, 4.69) is 54.7 Å². The van der Waals surface area contributed by atoms with Crippen molar-refractivity contribution < 1.29 is 0 Å². The van der Waals surface area contributed by atoms with Gasteiger partial charge in [0.25, 0.3) is 0 Å². The number of nitrogens with one attached hydrogen (secondary N) is 1. The lowest BCUT2D eigenvalue weighted by Crippen LogP contribution is -2.26. The van der Waals surface area contributed by atoms with E-state index in [-0.39, 0.29) is 0 Å². The van der Waals surface area contributed by atoms with Crippen molar-refractivity contribution in [3.8, 4) is 11.3 Å². The molecule has 0 fully saturated rings. The van der Waals surface area contributed by atoms with Crippen molar-refractivity contribution >= 4 is 11.6 Å². The van der Waals surface area contributed by atoms with Gasteiger partial charge in [-0.2, -0.15) is 15.0 Å². The summed E-state index contributed by atoms with van der Waals surface area (Å²) < 4.78 is 0. The quantitative estimate of drug-likeness (QED) is 0.367. The Labute approximate surface area is 188 Å². The van der Waals surface area contributed by atoms with Crippen molar-refractivity contribution in [3.63, 3.8) is 0 Å². The average molecular weight is 431 g/mol. The first kappa shape index (κ1) is 21.3. The molecular formula is C26H27ClN4. The second kappa shape index (κ2) is 10.4. The van der Waals surface area contributed by atoms with Crippen LogP contribution in [0.3, 0.4) is 0 Å². The Kier molecular flexibility index (Phi) is 7.13. The minimum atomic E-state index is 0.380. The van der Waals surface area contributed by atoms with Crippen LogP contribution in [0.25, 0.3) is 11.3 Å². The predicted octanol–water partition coefficient (Wildman–Crippen LogP) is 5.76. The summed E-state index contributed by atoms with van der Waals surface area (Å²) in [4.78, 5) is 1.78. The van der Waals surface area contributed by atoms with Gasteiger partial charge >= 0.3 is 0 Å². The molecule has 1 aromatic heterocycles. The molecule has 0 amide bonds. The van der Waals surface area contributed by atoms with Gasteiger partial charge in [-0.15, -0.1) is 0 Å². The van der Waals surface area contributed by atoms with E-state index < -0.39 is 0 Å². The van der Waals surface area contributed by atoms with Crippen LogP contribution in [0.2, 0.25) is 5.02 Å². The first-order chi connectivity index (χ1) is 15.2. The summed E-state index contributed by atoms with van der Waals surface area (Å²) in [6.45, 7) is 3.52. The zero-order chi connectivity index (χ0) is 21.5. The fourth-order valence-corrected chi connectivity index (χ4v) is 3.67. The van der Waals surface area contributed by atoms with Crippen LogP contribution < -0.4 is 5.32 Å². The lowest BCUT2D eigenvalue weighted by molar-refractivity contribution is 0.503. The van der Waals surface area contributed by atoms with E-state index in [0.717, 1.165) is 40.4 Å². The third kappa shape index (κ3) is 6.03. The Morgan fingerprint density at radius 3 is 2.23 bits per heavy atom. The Bertz CT molecular complexity index is 1080. The van der Waals surface area contributed by atoms with Gasteiger partial charge in [-0.25, -0.2) is 0 Å². The van der Waals surface area contributed by atoms with E-state index in [1.165, 1.54) is 5.56 Å². The molecule has 3 aromatic carbocycles. The molecule has 1 N–H and O–H groups in total. The number of nitrogens with zero attached hydrogens (tertiary/aromatic N) is 3. The summed E-state index contributed by atoms with van der Waals surface area (Å²) in [7, 11) is 0. The number of aryl methyl sites for hydroxylation is 1. The van der Waals surface area contributed by atoms with Crippen LogP contribution in [0.15, 0.2) is 84.9 Å². The van der Waals surface area contributed by atoms with Gasteiger partial charge in [-0.1, -0.05) is 84.4 Å². The van der Waals surface area contributed by atoms with Crippen LogP contribution in [0.5, 0.6) is 0 Å². The maximum atomic E-state index is 6.01. The number of halogens is 1. The van der Waals surface area contributed by atoms with Crippen LogP contribution in [0, 0.1) is 0 Å². The lowest BCUT2D eigenvalue weighted by atomic mass is 10.1. The van der Waals surface area contributed by atoms with E-state index in [0.29, 0.717) is 19.1 Å². The van der Waals surface area contributed by atoms with Gasteiger partial charge in [0.2, 0.25) is 0 Å². The highest BCUT2D eigenvalue weighted by atomic mass is 35.5. The van der Waals surface area contributed by atoms with Crippen molar-refractivity contribution in [1.29, 1.82) is 0 Å². The Hall–Kier alpha value is -2.95. The molecule has 31 heavy (non-hydrogen) atoms. The van der Waals surface area contributed by atoms with E-state index >= 15 is 0 Å². The molecule has 0 aliphatic carbocycles. The van der Waals surface area contributed by atoms with Crippen molar-refractivity contribution in [2.45, 2.75) is 38.9 Å². The molecule has 0 saturated heterocycles. The zero-order valence-electron chi connectivity index (χ0n) is 17.7. The van der Waals surface area contributed by atoms with Crippen molar-refractivity contribution in [2.75, 3.05) is 0 Å². The molecule has 4 rings (SSSR count). The first-order valence-electron chi connectivity index (χ1n) is 10.7. The third-order valence-electron chi connectivity index (χ3n) is 5.34. The summed E-state index contributed by atoms with van der Waals surface area (Å²) in [5.41, 5.74) is 5.47. The fourth-order valence-electron chi connectivity index (χ4n) is 3.55. The molecule has 1 heterocycles. The van der Waals surface area contributed by atoms with Gasteiger partial charge in [0.1, 0.15) is 11.4 Å². The second-order valence-corrected chi connectivity index (χ2v) is 8.26. The molecule has 5 heteroatoms. The normalized spacial score (nSPS) is 12.1. The van der Waals surface area contributed by atoms with E-state index in [9.17, 15) is 0 Å². The number of rotatable bonds is 9. The van der Waals surface area contributed by atoms with Gasteiger partial charge in [0.05, 0.1) is 6.54 Å². The summed E-state index contributed by atoms with van der Waals surface area (Å²) in [6.07, 6.45) is 2.13. The highest BCUT2D eigenvalue weighted by Crippen LogP contribution is 2.21. The largest absolute Gasteiger partial charge is 0.309 e. The maximum absolute atomic E-state index is 6.01. The van der Waals surface area contributed by atoms with Gasteiger partial charge in [0.15, 0.2) is 0 Å². The maximum Gasteiger partial charge on any atom is 0.117 e. The van der Waals surface area contributed by atoms with Gasteiger partial charge in [0, 0.05) is 23.2 Å². The number of aromatic nitrogens is 3. The standard InChI is InChI=1S/C26H27ClN4/c1-20(12-13-21-8-4-2-5-9-21)28-18-25-26(23-10-6-3-7-11-23)30-31(29-25)19-22-14-16-24(27)17-15-22/h2-11,14-17,20,28H,12-13,18-19H2,1H3/t20-/m1/s1. The third-order valence-corrected chi connectivity index (χ3v) is 5.59. The summed E-state index contributed by atoms with van der Waals surface area (Å²) >= 11 is 6.01. The molecule has 0 aliphatic rings. The van der Waals surface area contributed by atoms with E-state index in [4.69, 9.17) is 21.8 Å². The number of hydrogen-bond acceptors (Lipinski definition) is 3. The van der Waals surface area contributed by atoms with Gasteiger partial charge in [-0.05, 0) is 43.0 Å². The smallest absolute Gasteiger partial charge is 0.117 e. The zero-order valence-corrected chi connectivity index (χ0v) is 18.5. The molecule has 0 radical (unpaired) electrons. The van der Waals surface area contributed by atoms with Crippen molar-refractivity contribution in [2.24, 2.45) is 0 Å².